The van der Waals surface area contributed by atoms with Crippen molar-refractivity contribution in [2.45, 2.75) is 6.42 Å². The van der Waals surface area contributed by atoms with Gasteiger partial charge >= 0.3 is 0 Å². The normalized spacial score (nSPS) is 12.6. The van der Waals surface area contributed by atoms with E-state index in [0.717, 1.165) is 6.42 Å². The minimum atomic E-state index is 0.992. The highest BCUT2D eigenvalue weighted by Gasteiger charge is 2.21. The maximum atomic E-state index is 2.46. The molecule has 0 amide bonds. The average Bonchev–Trinajstić information content (AvgIpc) is 3.73. The van der Waals surface area contributed by atoms with Gasteiger partial charge in [0.25, 0.3) is 0 Å². The van der Waals surface area contributed by atoms with E-state index in [9.17, 15) is 0 Å². The first-order valence-corrected chi connectivity index (χ1v) is 15.7. The summed E-state index contributed by atoms with van der Waals surface area (Å²) in [6.45, 7) is 0. The Morgan fingerprint density at radius 1 is 0.465 bits per heavy atom. The molecule has 0 radical (unpaired) electrons. The fraction of sp³-hybridized carbons (Fsp3) is 0.0244. The largest absolute Gasteiger partial charge is 0.309 e. The summed E-state index contributed by atoms with van der Waals surface area (Å²) in [6.07, 6.45) is 0.992. The highest BCUT2D eigenvalue weighted by atomic mass is 32.1. The lowest BCUT2D eigenvalue weighted by atomic mass is 9.96. The molecule has 0 unspecified atom stereocenters. The van der Waals surface area contributed by atoms with E-state index >= 15 is 0 Å². The minimum absolute atomic E-state index is 0.992. The molecule has 2 heterocycles. The van der Waals surface area contributed by atoms with Crippen LogP contribution in [0, 0.1) is 0 Å². The molecule has 0 fully saturated rings. The van der Waals surface area contributed by atoms with Crippen LogP contribution in [0.3, 0.4) is 0 Å². The first-order chi connectivity index (χ1) is 21.3. The zero-order valence-electron chi connectivity index (χ0n) is 23.3. The number of nitrogens with zero attached hydrogens (tertiary/aromatic N) is 1. The summed E-state index contributed by atoms with van der Waals surface area (Å²) in [4.78, 5) is 0. The number of aromatic nitrogens is 1. The topological polar surface area (TPSA) is 4.93 Å². The molecule has 0 saturated carbocycles. The summed E-state index contributed by atoms with van der Waals surface area (Å²) in [6, 6.07) is 51.8. The van der Waals surface area contributed by atoms with Gasteiger partial charge in [0, 0.05) is 36.6 Å². The molecule has 0 N–H and O–H groups in total. The van der Waals surface area contributed by atoms with Crippen LogP contribution < -0.4 is 0 Å². The van der Waals surface area contributed by atoms with Crippen molar-refractivity contribution in [3.8, 4) is 27.9 Å². The molecule has 2 heteroatoms. The highest BCUT2D eigenvalue weighted by Crippen LogP contribution is 2.45. The molecule has 200 valence electrons. The van der Waals surface area contributed by atoms with Crippen LogP contribution in [0.5, 0.6) is 0 Å². The van der Waals surface area contributed by atoms with Crippen LogP contribution in [-0.2, 0) is 6.42 Å². The van der Waals surface area contributed by atoms with E-state index in [0.29, 0.717) is 0 Å². The van der Waals surface area contributed by atoms with Crippen LogP contribution in [0.1, 0.15) is 11.1 Å². The second-order valence-corrected chi connectivity index (χ2v) is 12.8. The van der Waals surface area contributed by atoms with E-state index in [1.165, 1.54) is 91.8 Å². The van der Waals surface area contributed by atoms with Gasteiger partial charge in [0.2, 0.25) is 0 Å². The van der Waals surface area contributed by atoms with E-state index in [-0.39, 0.29) is 0 Å². The van der Waals surface area contributed by atoms with Gasteiger partial charge in [-0.25, -0.2) is 0 Å². The fourth-order valence-corrected chi connectivity index (χ4v) is 8.60. The Morgan fingerprint density at radius 2 is 1.21 bits per heavy atom. The third-order valence-electron chi connectivity index (χ3n) is 9.38. The summed E-state index contributed by atoms with van der Waals surface area (Å²) in [7, 11) is 0. The van der Waals surface area contributed by atoms with Crippen molar-refractivity contribution in [3.05, 3.63) is 151 Å². The van der Waals surface area contributed by atoms with Crippen LogP contribution in [0.4, 0.5) is 0 Å². The smallest absolute Gasteiger partial charge is 0.0541 e. The molecule has 43 heavy (non-hydrogen) atoms. The molecule has 0 saturated heterocycles. The molecule has 7 aromatic carbocycles. The number of benzene rings is 7. The molecule has 1 nitrogen and oxygen atoms in total. The molecule has 0 atom stereocenters. The van der Waals surface area contributed by atoms with Crippen molar-refractivity contribution in [3.63, 3.8) is 0 Å². The van der Waals surface area contributed by atoms with E-state index in [2.05, 4.69) is 144 Å². The second kappa shape index (κ2) is 8.67. The summed E-state index contributed by atoms with van der Waals surface area (Å²) in [5, 5.41) is 8.01. The molecular formula is C41H25NS. The SMILES string of the molecule is c1ccc(-n2c3ccccc3c3cc(-c4ccc5c(c4)-c4cc6ccc7c8ccccc8sc7c6cc4C5)ccc32)cc1. The molecule has 10 rings (SSSR count). The van der Waals surface area contributed by atoms with Crippen LogP contribution >= 0.6 is 11.3 Å². The molecule has 0 spiro atoms. The van der Waals surface area contributed by atoms with E-state index in [1.54, 1.807) is 0 Å². The number of rotatable bonds is 2. The number of fused-ring (bicyclic) bond motifs is 11. The van der Waals surface area contributed by atoms with Gasteiger partial charge in [0.05, 0.1) is 11.0 Å². The summed E-state index contributed by atoms with van der Waals surface area (Å²) in [5.41, 5.74) is 11.8. The predicted octanol–water partition coefficient (Wildman–Crippen LogP) is 11.5. The van der Waals surface area contributed by atoms with Gasteiger partial charge in [-0.1, -0.05) is 84.9 Å². The Hall–Kier alpha value is -5.18. The van der Waals surface area contributed by atoms with Crippen LogP contribution in [0.15, 0.2) is 140 Å². The van der Waals surface area contributed by atoms with Gasteiger partial charge in [-0.2, -0.15) is 0 Å². The maximum absolute atomic E-state index is 2.46. The number of para-hydroxylation sites is 2. The third kappa shape index (κ3) is 3.33. The van der Waals surface area contributed by atoms with E-state index in [1.807, 2.05) is 11.3 Å². The van der Waals surface area contributed by atoms with Crippen molar-refractivity contribution < 1.29 is 0 Å². The van der Waals surface area contributed by atoms with Gasteiger partial charge in [0.1, 0.15) is 0 Å². The van der Waals surface area contributed by atoms with Crippen molar-refractivity contribution in [2.75, 3.05) is 0 Å². The summed E-state index contributed by atoms with van der Waals surface area (Å²) in [5.74, 6) is 0. The van der Waals surface area contributed by atoms with Gasteiger partial charge in [0.15, 0.2) is 0 Å². The van der Waals surface area contributed by atoms with Crippen molar-refractivity contribution in [2.24, 2.45) is 0 Å². The lowest BCUT2D eigenvalue weighted by Crippen LogP contribution is -1.92. The Morgan fingerprint density at radius 3 is 2.14 bits per heavy atom. The molecular weight excluding hydrogens is 539 g/mol. The minimum Gasteiger partial charge on any atom is -0.309 e. The quantitative estimate of drug-likeness (QED) is 0.197. The third-order valence-corrected chi connectivity index (χ3v) is 10.6. The Balaban J connectivity index is 1.13. The molecule has 1 aliphatic carbocycles. The number of hydrogen-bond donors (Lipinski definition) is 0. The standard InChI is InChI=1S/C41H25NS/c1-2-8-30(9-3-1)42-38-12-6-4-10-31(38)37-22-26(17-19-39(37)42)25-14-15-27-20-29-24-36-28(23-35(29)34(27)21-25)16-18-33-32-11-5-7-13-40(32)43-41(33)36/h1-19,21-24H,20H2. The van der Waals surface area contributed by atoms with Crippen molar-refractivity contribution in [1.82, 2.24) is 4.57 Å². The average molecular weight is 564 g/mol. The van der Waals surface area contributed by atoms with Gasteiger partial charge in [-0.05, 0) is 105 Å². The molecule has 0 bridgehead atoms. The first kappa shape index (κ1) is 23.4. The van der Waals surface area contributed by atoms with E-state index in [4.69, 9.17) is 0 Å². The van der Waals surface area contributed by atoms with Gasteiger partial charge < -0.3 is 4.57 Å². The Bertz CT molecular complexity index is 2580. The van der Waals surface area contributed by atoms with Crippen LogP contribution in [-0.4, -0.2) is 4.57 Å². The Labute approximate surface area is 252 Å². The van der Waals surface area contributed by atoms with Crippen LogP contribution in [0.25, 0.3) is 80.7 Å². The van der Waals surface area contributed by atoms with Crippen LogP contribution in [0.2, 0.25) is 0 Å². The Kier molecular flexibility index (Phi) is 4.72. The van der Waals surface area contributed by atoms with Gasteiger partial charge in [-0.15, -0.1) is 11.3 Å². The number of thiophene rings is 1. The predicted molar refractivity (Wildman–Crippen MR) is 185 cm³/mol. The van der Waals surface area contributed by atoms with Crippen molar-refractivity contribution >= 4 is 64.1 Å². The maximum Gasteiger partial charge on any atom is 0.0541 e. The summed E-state index contributed by atoms with van der Waals surface area (Å²) >= 11 is 1.92. The van der Waals surface area contributed by atoms with Crippen molar-refractivity contribution in [1.29, 1.82) is 0 Å². The molecule has 1 aliphatic rings. The number of hydrogen-bond acceptors (Lipinski definition) is 1. The monoisotopic (exact) mass is 563 g/mol. The fourth-order valence-electron chi connectivity index (χ4n) is 7.37. The zero-order valence-corrected chi connectivity index (χ0v) is 24.2. The first-order valence-electron chi connectivity index (χ1n) is 14.9. The molecule has 0 aliphatic heterocycles. The highest BCUT2D eigenvalue weighted by molar-refractivity contribution is 7.26. The lowest BCUT2D eigenvalue weighted by molar-refractivity contribution is 1.18. The second-order valence-electron chi connectivity index (χ2n) is 11.7. The molecule has 2 aromatic heterocycles. The van der Waals surface area contributed by atoms with E-state index < -0.39 is 0 Å². The lowest BCUT2D eigenvalue weighted by Gasteiger charge is -2.09. The summed E-state index contributed by atoms with van der Waals surface area (Å²) < 4.78 is 5.15. The van der Waals surface area contributed by atoms with Gasteiger partial charge in [-0.3, -0.25) is 0 Å². The molecule has 9 aromatic rings. The zero-order chi connectivity index (χ0) is 28.1.